The van der Waals surface area contributed by atoms with E-state index in [9.17, 15) is 8.78 Å². The van der Waals surface area contributed by atoms with Crippen LogP contribution in [0.3, 0.4) is 0 Å². The van der Waals surface area contributed by atoms with E-state index >= 15 is 0 Å². The first kappa shape index (κ1) is 11.5. The second kappa shape index (κ2) is 4.89. The molecule has 1 N–H and O–H groups in total. The van der Waals surface area contributed by atoms with E-state index in [0.717, 1.165) is 19.5 Å². The molecule has 0 aromatic heterocycles. The normalized spacial score (nSPS) is 21.6. The molecule has 1 saturated heterocycles. The van der Waals surface area contributed by atoms with Crippen molar-refractivity contribution in [1.82, 2.24) is 10.2 Å². The summed E-state index contributed by atoms with van der Waals surface area (Å²) >= 11 is 0. The summed E-state index contributed by atoms with van der Waals surface area (Å²) in [6.07, 6.45) is 1.03. The summed E-state index contributed by atoms with van der Waals surface area (Å²) < 4.78 is 26.8. The lowest BCUT2D eigenvalue weighted by Crippen LogP contribution is -2.29. The first-order valence-electron chi connectivity index (χ1n) is 5.53. The van der Waals surface area contributed by atoms with Crippen LogP contribution in [0.15, 0.2) is 18.2 Å². The largest absolute Gasteiger partial charge is 0.316 e. The van der Waals surface area contributed by atoms with Crippen molar-refractivity contribution in [2.75, 3.05) is 20.1 Å². The molecule has 0 amide bonds. The molecular formula is C12H16F2N2. The molecule has 0 saturated carbocycles. The lowest BCUT2D eigenvalue weighted by molar-refractivity contribution is 0.310. The fourth-order valence-corrected chi connectivity index (χ4v) is 2.12. The molecule has 88 valence electrons. The van der Waals surface area contributed by atoms with Gasteiger partial charge in [0.2, 0.25) is 0 Å². The van der Waals surface area contributed by atoms with Crippen LogP contribution in [0, 0.1) is 11.6 Å². The summed E-state index contributed by atoms with van der Waals surface area (Å²) in [4.78, 5) is 2.07. The Hall–Kier alpha value is -1.00. The molecule has 1 heterocycles. The Labute approximate surface area is 94.3 Å². The first-order valence-corrected chi connectivity index (χ1v) is 5.53. The van der Waals surface area contributed by atoms with E-state index in [0.29, 0.717) is 12.6 Å². The summed E-state index contributed by atoms with van der Waals surface area (Å²) in [5, 5.41) is 3.18. The quantitative estimate of drug-likeness (QED) is 0.844. The number of benzene rings is 1. The highest BCUT2D eigenvalue weighted by Gasteiger charge is 2.22. The van der Waals surface area contributed by atoms with Crippen molar-refractivity contribution < 1.29 is 8.78 Å². The van der Waals surface area contributed by atoms with Gasteiger partial charge in [0, 0.05) is 31.2 Å². The lowest BCUT2D eigenvalue weighted by Gasteiger charge is -2.16. The lowest BCUT2D eigenvalue weighted by atomic mass is 10.2. The van der Waals surface area contributed by atoms with Crippen molar-refractivity contribution in [3.63, 3.8) is 0 Å². The summed E-state index contributed by atoms with van der Waals surface area (Å²) in [5.41, 5.74) is 0.180. The third-order valence-electron chi connectivity index (χ3n) is 3.12. The zero-order chi connectivity index (χ0) is 11.5. The summed E-state index contributed by atoms with van der Waals surface area (Å²) in [7, 11) is 1.91. The number of nitrogens with one attached hydrogen (secondary N) is 1. The van der Waals surface area contributed by atoms with Crippen LogP contribution >= 0.6 is 0 Å². The summed E-state index contributed by atoms with van der Waals surface area (Å²) in [6.45, 7) is 2.10. The molecule has 16 heavy (non-hydrogen) atoms. The molecule has 1 aliphatic rings. The Kier molecular flexibility index (Phi) is 3.51. The summed E-state index contributed by atoms with van der Waals surface area (Å²) in [6, 6.07) is 4.46. The van der Waals surface area contributed by atoms with Crippen LogP contribution in [-0.2, 0) is 6.54 Å². The molecule has 0 spiro atoms. The van der Waals surface area contributed by atoms with Crippen molar-refractivity contribution in [2.24, 2.45) is 0 Å². The molecule has 2 rings (SSSR count). The average Bonchev–Trinajstić information content (AvgIpc) is 2.71. The van der Waals surface area contributed by atoms with Gasteiger partial charge in [-0.25, -0.2) is 8.78 Å². The van der Waals surface area contributed by atoms with E-state index < -0.39 is 11.6 Å². The maximum atomic E-state index is 13.4. The molecule has 2 nitrogen and oxygen atoms in total. The second-order valence-corrected chi connectivity index (χ2v) is 4.21. The van der Waals surface area contributed by atoms with Crippen molar-refractivity contribution in [3.05, 3.63) is 35.4 Å². The van der Waals surface area contributed by atoms with Crippen LogP contribution < -0.4 is 5.32 Å². The second-order valence-electron chi connectivity index (χ2n) is 4.21. The Morgan fingerprint density at radius 2 is 2.06 bits per heavy atom. The zero-order valence-corrected chi connectivity index (χ0v) is 9.34. The van der Waals surface area contributed by atoms with E-state index in [1.807, 2.05) is 7.05 Å². The third kappa shape index (κ3) is 2.39. The predicted octanol–water partition coefficient (Wildman–Crippen LogP) is 1.76. The number of hydrogen-bond donors (Lipinski definition) is 1. The zero-order valence-electron chi connectivity index (χ0n) is 9.34. The standard InChI is InChI=1S/C12H16F2N2/c1-15-9-5-6-16(7-9)8-10-11(13)3-2-4-12(10)14/h2-4,9,15H,5-8H2,1H3. The van der Waals surface area contributed by atoms with Crippen LogP contribution in [0.25, 0.3) is 0 Å². The molecule has 1 unspecified atom stereocenters. The van der Waals surface area contributed by atoms with E-state index in [-0.39, 0.29) is 5.56 Å². The minimum atomic E-state index is -0.451. The summed E-state index contributed by atoms with van der Waals surface area (Å²) in [5.74, 6) is -0.902. The maximum absolute atomic E-state index is 13.4. The number of hydrogen-bond acceptors (Lipinski definition) is 2. The minimum Gasteiger partial charge on any atom is -0.316 e. The van der Waals surface area contributed by atoms with Gasteiger partial charge in [-0.2, -0.15) is 0 Å². The van der Waals surface area contributed by atoms with Gasteiger partial charge in [0.1, 0.15) is 11.6 Å². The van der Waals surface area contributed by atoms with Gasteiger partial charge in [0.15, 0.2) is 0 Å². The average molecular weight is 226 g/mol. The third-order valence-corrected chi connectivity index (χ3v) is 3.12. The van der Waals surface area contributed by atoms with Gasteiger partial charge in [-0.05, 0) is 25.6 Å². The van der Waals surface area contributed by atoms with Gasteiger partial charge in [-0.15, -0.1) is 0 Å². The van der Waals surface area contributed by atoms with Crippen LogP contribution in [0.2, 0.25) is 0 Å². The maximum Gasteiger partial charge on any atom is 0.130 e. The van der Waals surface area contributed by atoms with Gasteiger partial charge in [-0.3, -0.25) is 4.90 Å². The molecule has 1 aliphatic heterocycles. The smallest absolute Gasteiger partial charge is 0.130 e. The van der Waals surface area contributed by atoms with Crippen LogP contribution in [0.5, 0.6) is 0 Å². The molecule has 1 aromatic rings. The predicted molar refractivity (Wildman–Crippen MR) is 59.1 cm³/mol. The van der Waals surface area contributed by atoms with Gasteiger partial charge >= 0.3 is 0 Å². The van der Waals surface area contributed by atoms with Crippen LogP contribution in [-0.4, -0.2) is 31.1 Å². The molecular weight excluding hydrogens is 210 g/mol. The topological polar surface area (TPSA) is 15.3 Å². The Balaban J connectivity index is 2.04. The van der Waals surface area contributed by atoms with E-state index in [1.165, 1.54) is 18.2 Å². The molecule has 4 heteroatoms. The monoisotopic (exact) mass is 226 g/mol. The first-order chi connectivity index (χ1) is 7.70. The molecule has 0 radical (unpaired) electrons. The minimum absolute atomic E-state index is 0.180. The number of halogens is 2. The Morgan fingerprint density at radius 3 is 2.62 bits per heavy atom. The highest BCUT2D eigenvalue weighted by molar-refractivity contribution is 5.19. The Bertz CT molecular complexity index is 348. The fourth-order valence-electron chi connectivity index (χ4n) is 2.12. The van der Waals surface area contributed by atoms with Crippen molar-refractivity contribution >= 4 is 0 Å². The van der Waals surface area contributed by atoms with E-state index in [2.05, 4.69) is 10.2 Å². The van der Waals surface area contributed by atoms with Gasteiger partial charge in [0.25, 0.3) is 0 Å². The fraction of sp³-hybridized carbons (Fsp3) is 0.500. The highest BCUT2D eigenvalue weighted by Crippen LogP contribution is 2.18. The number of rotatable bonds is 3. The Morgan fingerprint density at radius 1 is 1.38 bits per heavy atom. The van der Waals surface area contributed by atoms with Crippen molar-refractivity contribution in [2.45, 2.75) is 19.0 Å². The number of likely N-dealkylation sites (N-methyl/N-ethyl adjacent to an activating group) is 1. The van der Waals surface area contributed by atoms with Gasteiger partial charge < -0.3 is 5.32 Å². The highest BCUT2D eigenvalue weighted by atomic mass is 19.1. The van der Waals surface area contributed by atoms with Crippen LogP contribution in [0.4, 0.5) is 8.78 Å². The van der Waals surface area contributed by atoms with E-state index in [1.54, 1.807) is 0 Å². The SMILES string of the molecule is CNC1CCN(Cc2c(F)cccc2F)C1. The van der Waals surface area contributed by atoms with Gasteiger partial charge in [-0.1, -0.05) is 6.07 Å². The van der Waals surface area contributed by atoms with Crippen molar-refractivity contribution in [1.29, 1.82) is 0 Å². The van der Waals surface area contributed by atoms with Crippen molar-refractivity contribution in [3.8, 4) is 0 Å². The van der Waals surface area contributed by atoms with Crippen LogP contribution in [0.1, 0.15) is 12.0 Å². The molecule has 1 fully saturated rings. The van der Waals surface area contributed by atoms with E-state index in [4.69, 9.17) is 0 Å². The number of likely N-dealkylation sites (tertiary alicyclic amines) is 1. The molecule has 1 atom stereocenters. The van der Waals surface area contributed by atoms with Gasteiger partial charge in [0.05, 0.1) is 0 Å². The molecule has 0 bridgehead atoms. The molecule has 1 aromatic carbocycles. The molecule has 0 aliphatic carbocycles. The number of nitrogens with zero attached hydrogens (tertiary/aromatic N) is 1.